The Morgan fingerprint density at radius 1 is 0.811 bits per heavy atom. The van der Waals surface area contributed by atoms with Crippen LogP contribution in [-0.4, -0.2) is 29.0 Å². The van der Waals surface area contributed by atoms with Crippen LogP contribution in [0.5, 0.6) is 0 Å². The summed E-state index contributed by atoms with van der Waals surface area (Å²) in [6.45, 7) is 0. The quantitative estimate of drug-likeness (QED) is 0.345. The van der Waals surface area contributed by atoms with Crippen molar-refractivity contribution in [2.75, 3.05) is 4.90 Å². The highest BCUT2D eigenvalue weighted by atomic mass is 35.5. The molecule has 2 saturated heterocycles. The Kier molecular flexibility index (Phi) is 4.99. The summed E-state index contributed by atoms with van der Waals surface area (Å²) >= 11 is 6.38. The third-order valence-electron chi connectivity index (χ3n) is 7.16. The molecule has 3 aliphatic rings. The van der Waals surface area contributed by atoms with Crippen LogP contribution in [-0.2, 0) is 20.5 Å². The molecule has 0 saturated carbocycles. The number of benzene rings is 3. The summed E-state index contributed by atoms with van der Waals surface area (Å²) in [6.07, 6.45) is -5.99. The van der Waals surface area contributed by atoms with E-state index in [0.717, 1.165) is 12.1 Å². The lowest BCUT2D eigenvalue weighted by atomic mass is 9.77. The Morgan fingerprint density at radius 2 is 1.43 bits per heavy atom. The monoisotopic (exact) mass is 525 g/mol. The average Bonchev–Trinajstić information content (AvgIpc) is 3.44. The molecule has 6 nitrogen and oxygen atoms in total. The number of ether oxygens (including phenoxy) is 1. The number of carbonyl (C=O) groups is 4. The van der Waals surface area contributed by atoms with Crippen LogP contribution in [0.25, 0.3) is 0 Å². The van der Waals surface area contributed by atoms with Gasteiger partial charge in [0.05, 0.1) is 29.2 Å². The molecule has 0 radical (unpaired) electrons. The second-order valence-electron chi connectivity index (χ2n) is 9.06. The zero-order valence-electron chi connectivity index (χ0n) is 18.7. The molecule has 2 amide bonds. The highest BCUT2D eigenvalue weighted by molar-refractivity contribution is 6.37. The molecule has 3 atom stereocenters. The minimum atomic E-state index is -4.72. The molecule has 0 N–H and O–H groups in total. The number of nitrogens with zero attached hydrogens (tertiary/aromatic N) is 1. The summed E-state index contributed by atoms with van der Waals surface area (Å²) in [7, 11) is 0. The van der Waals surface area contributed by atoms with Crippen LogP contribution in [0.1, 0.15) is 37.9 Å². The lowest BCUT2D eigenvalue weighted by Crippen LogP contribution is -2.51. The Labute approximate surface area is 212 Å². The first-order chi connectivity index (χ1) is 17.6. The van der Waals surface area contributed by atoms with E-state index in [0.29, 0.717) is 11.0 Å². The largest absolute Gasteiger partial charge is 0.416 e. The molecule has 2 fully saturated rings. The van der Waals surface area contributed by atoms with Gasteiger partial charge >= 0.3 is 6.18 Å². The van der Waals surface area contributed by atoms with Crippen molar-refractivity contribution in [2.24, 2.45) is 11.8 Å². The van der Waals surface area contributed by atoms with Gasteiger partial charge in [0.15, 0.2) is 0 Å². The zero-order chi connectivity index (χ0) is 26.3. The Hall–Kier alpha value is -3.82. The number of hydrogen-bond donors (Lipinski definition) is 0. The van der Waals surface area contributed by atoms with Crippen LogP contribution in [0, 0.1) is 11.8 Å². The number of Topliss-reactive ketones (excluding diaryl/α,β-unsaturated/α-hetero) is 2. The van der Waals surface area contributed by atoms with Crippen molar-refractivity contribution < 1.29 is 37.1 Å². The standard InChI is InChI=1S/C27H15ClF3NO5/c28-18-11-4-3-10-17(18)21-19-20(26(37-21)22(33)15-8-1-2-9-16(15)23(26)34)25(36)32(24(19)35)14-7-5-6-13(12-14)27(29,30)31/h1-12,19-21H/t19-,20+,21-/m0/s1. The summed E-state index contributed by atoms with van der Waals surface area (Å²) in [4.78, 5) is 55.6. The summed E-state index contributed by atoms with van der Waals surface area (Å²) in [6, 6.07) is 16.0. The second kappa shape index (κ2) is 7.84. The van der Waals surface area contributed by atoms with Crippen LogP contribution in [0.3, 0.4) is 0 Å². The van der Waals surface area contributed by atoms with Gasteiger partial charge in [-0.05, 0) is 24.3 Å². The number of halogens is 4. The van der Waals surface area contributed by atoms with Gasteiger partial charge < -0.3 is 4.74 Å². The molecule has 37 heavy (non-hydrogen) atoms. The fourth-order valence-corrected chi connectivity index (χ4v) is 5.82. The Bertz CT molecular complexity index is 1500. The number of carbonyl (C=O) groups excluding carboxylic acids is 4. The number of rotatable bonds is 2. The average molecular weight is 526 g/mol. The molecule has 0 aromatic heterocycles. The van der Waals surface area contributed by atoms with E-state index in [-0.39, 0.29) is 27.4 Å². The van der Waals surface area contributed by atoms with Crippen molar-refractivity contribution >= 4 is 40.7 Å². The van der Waals surface area contributed by atoms with E-state index in [1.807, 2.05) is 0 Å². The topological polar surface area (TPSA) is 80.8 Å². The highest BCUT2D eigenvalue weighted by Gasteiger charge is 2.75. The van der Waals surface area contributed by atoms with Crippen molar-refractivity contribution in [3.63, 3.8) is 0 Å². The summed E-state index contributed by atoms with van der Waals surface area (Å²) < 4.78 is 46.3. The number of hydrogen-bond acceptors (Lipinski definition) is 5. The predicted octanol–water partition coefficient (Wildman–Crippen LogP) is 5.05. The molecule has 2 aliphatic heterocycles. The van der Waals surface area contributed by atoms with E-state index in [2.05, 4.69) is 0 Å². The molecule has 0 unspecified atom stereocenters. The van der Waals surface area contributed by atoms with E-state index in [1.54, 1.807) is 30.3 Å². The number of anilines is 1. The smallest absolute Gasteiger partial charge is 0.349 e. The van der Waals surface area contributed by atoms with Gasteiger partial charge in [0.2, 0.25) is 29.0 Å². The maximum absolute atomic E-state index is 13.8. The number of alkyl halides is 3. The fraction of sp³-hybridized carbons (Fsp3) is 0.185. The van der Waals surface area contributed by atoms with Crippen LogP contribution in [0.4, 0.5) is 18.9 Å². The number of fused-ring (bicyclic) bond motifs is 3. The lowest BCUT2D eigenvalue weighted by molar-refractivity contribution is -0.137. The third kappa shape index (κ3) is 3.10. The van der Waals surface area contributed by atoms with Gasteiger partial charge in [0.1, 0.15) is 0 Å². The number of amides is 2. The Balaban J connectivity index is 1.54. The number of ketones is 2. The van der Waals surface area contributed by atoms with E-state index in [4.69, 9.17) is 16.3 Å². The highest BCUT2D eigenvalue weighted by Crippen LogP contribution is 2.58. The maximum Gasteiger partial charge on any atom is 0.416 e. The van der Waals surface area contributed by atoms with E-state index in [9.17, 15) is 32.3 Å². The minimum Gasteiger partial charge on any atom is -0.349 e. The fourth-order valence-electron chi connectivity index (χ4n) is 5.58. The summed E-state index contributed by atoms with van der Waals surface area (Å²) in [5, 5.41) is 0.177. The van der Waals surface area contributed by atoms with E-state index >= 15 is 0 Å². The van der Waals surface area contributed by atoms with Gasteiger partial charge in [0.25, 0.3) is 0 Å². The van der Waals surface area contributed by atoms with Crippen LogP contribution in [0.2, 0.25) is 5.02 Å². The van der Waals surface area contributed by atoms with Crippen LogP contribution >= 0.6 is 11.6 Å². The van der Waals surface area contributed by atoms with E-state index < -0.39 is 58.7 Å². The first kappa shape index (κ1) is 23.6. The second-order valence-corrected chi connectivity index (χ2v) is 9.47. The lowest BCUT2D eigenvalue weighted by Gasteiger charge is -2.27. The van der Waals surface area contributed by atoms with Crippen molar-refractivity contribution in [3.05, 3.63) is 100 Å². The third-order valence-corrected chi connectivity index (χ3v) is 7.51. The maximum atomic E-state index is 13.8. The van der Waals surface area contributed by atoms with Crippen LogP contribution < -0.4 is 4.90 Å². The molecule has 10 heteroatoms. The zero-order valence-corrected chi connectivity index (χ0v) is 19.4. The van der Waals surface area contributed by atoms with Gasteiger partial charge in [-0.15, -0.1) is 0 Å². The first-order valence-corrected chi connectivity index (χ1v) is 11.6. The van der Waals surface area contributed by atoms with Gasteiger partial charge in [0, 0.05) is 21.7 Å². The minimum absolute atomic E-state index is 0.0452. The molecular formula is C27H15ClF3NO5. The van der Waals surface area contributed by atoms with Crippen molar-refractivity contribution in [2.45, 2.75) is 17.9 Å². The SMILES string of the molecule is O=C1[C@@H]2[C@H](c3ccccc3Cl)OC3(C(=O)c4ccccc4C3=O)[C@H]2C(=O)N1c1cccc(C(F)(F)F)c1. The molecule has 0 bridgehead atoms. The molecule has 2 heterocycles. The molecule has 186 valence electrons. The normalized spacial score (nSPS) is 24.2. The summed E-state index contributed by atoms with van der Waals surface area (Å²) in [5.74, 6) is -6.38. The van der Waals surface area contributed by atoms with Gasteiger partial charge in [-0.25, -0.2) is 4.90 Å². The van der Waals surface area contributed by atoms with Crippen LogP contribution in [0.15, 0.2) is 72.8 Å². The van der Waals surface area contributed by atoms with Crippen molar-refractivity contribution in [3.8, 4) is 0 Å². The molecular weight excluding hydrogens is 511 g/mol. The molecule has 3 aromatic carbocycles. The van der Waals surface area contributed by atoms with Gasteiger partial charge in [-0.1, -0.05) is 60.1 Å². The molecule has 1 spiro atoms. The van der Waals surface area contributed by atoms with Crippen molar-refractivity contribution in [1.82, 2.24) is 0 Å². The molecule has 6 rings (SSSR count). The number of imide groups is 1. The van der Waals surface area contributed by atoms with E-state index in [1.165, 1.54) is 24.3 Å². The van der Waals surface area contributed by atoms with Gasteiger partial charge in [-0.2, -0.15) is 13.2 Å². The Morgan fingerprint density at radius 3 is 2.05 bits per heavy atom. The van der Waals surface area contributed by atoms with Crippen molar-refractivity contribution in [1.29, 1.82) is 0 Å². The van der Waals surface area contributed by atoms with Gasteiger partial charge in [-0.3, -0.25) is 19.2 Å². The summed E-state index contributed by atoms with van der Waals surface area (Å²) in [5.41, 5.74) is -3.35. The predicted molar refractivity (Wildman–Crippen MR) is 124 cm³/mol. The molecule has 1 aliphatic carbocycles. The first-order valence-electron chi connectivity index (χ1n) is 11.2. The molecule has 3 aromatic rings.